The van der Waals surface area contributed by atoms with Gasteiger partial charge >= 0.3 is 0 Å². The van der Waals surface area contributed by atoms with Crippen LogP contribution in [0.5, 0.6) is 5.75 Å². The molecule has 0 fully saturated rings. The van der Waals surface area contributed by atoms with Gasteiger partial charge in [-0.1, -0.05) is 18.2 Å². The Kier molecular flexibility index (Phi) is 4.97. The van der Waals surface area contributed by atoms with Gasteiger partial charge in [-0.25, -0.2) is 9.37 Å². The summed E-state index contributed by atoms with van der Waals surface area (Å²) in [5.74, 6) is -0.598. The van der Waals surface area contributed by atoms with E-state index in [-0.39, 0.29) is 30.3 Å². The van der Waals surface area contributed by atoms with Crippen molar-refractivity contribution in [1.29, 1.82) is 0 Å². The van der Waals surface area contributed by atoms with Crippen molar-refractivity contribution in [1.82, 2.24) is 14.5 Å². The Morgan fingerprint density at radius 2 is 2.04 bits per heavy atom. The average molecular weight is 355 g/mol. The minimum absolute atomic E-state index is 0.114. The fraction of sp³-hybridized carbons (Fsp3) is 0.211. The molecule has 0 aliphatic carbocycles. The summed E-state index contributed by atoms with van der Waals surface area (Å²) in [7, 11) is 3.00. The highest BCUT2D eigenvalue weighted by Gasteiger charge is 2.14. The molecule has 0 unspecified atom stereocenters. The SMILES string of the molecule is COc1ccc(CN(C)C(=O)Cn2c(=O)cnc3ccccc32)cc1F. The average Bonchev–Trinajstić information content (AvgIpc) is 2.64. The van der Waals surface area contributed by atoms with Crippen LogP contribution in [0.15, 0.2) is 53.5 Å². The van der Waals surface area contributed by atoms with E-state index < -0.39 is 5.82 Å². The molecule has 1 heterocycles. The van der Waals surface area contributed by atoms with E-state index in [1.807, 2.05) is 6.07 Å². The summed E-state index contributed by atoms with van der Waals surface area (Å²) in [6.45, 7) is 0.106. The van der Waals surface area contributed by atoms with Gasteiger partial charge < -0.3 is 9.64 Å². The summed E-state index contributed by atoms with van der Waals surface area (Å²) in [6.07, 6.45) is 1.20. The standard InChI is InChI=1S/C19H18FN3O3/c1-22(11-13-7-8-17(26-2)14(20)9-13)19(25)12-23-16-6-4-3-5-15(16)21-10-18(23)24/h3-10H,11-12H2,1-2H3. The van der Waals surface area contributed by atoms with E-state index in [1.54, 1.807) is 31.3 Å². The van der Waals surface area contributed by atoms with Gasteiger partial charge in [-0.05, 0) is 29.8 Å². The second-order valence-electron chi connectivity index (χ2n) is 5.89. The lowest BCUT2D eigenvalue weighted by molar-refractivity contribution is -0.131. The van der Waals surface area contributed by atoms with Gasteiger partial charge in [0.1, 0.15) is 6.54 Å². The molecule has 0 saturated carbocycles. The van der Waals surface area contributed by atoms with Crippen molar-refractivity contribution in [2.75, 3.05) is 14.2 Å². The largest absolute Gasteiger partial charge is 0.494 e. The zero-order valence-corrected chi connectivity index (χ0v) is 14.5. The molecule has 6 nitrogen and oxygen atoms in total. The smallest absolute Gasteiger partial charge is 0.269 e. The molecular weight excluding hydrogens is 337 g/mol. The normalized spacial score (nSPS) is 10.7. The Morgan fingerprint density at radius 1 is 1.27 bits per heavy atom. The number of hydrogen-bond donors (Lipinski definition) is 0. The number of likely N-dealkylation sites (N-methyl/N-ethyl adjacent to an activating group) is 1. The van der Waals surface area contributed by atoms with Crippen LogP contribution in [0.3, 0.4) is 0 Å². The molecule has 7 heteroatoms. The van der Waals surface area contributed by atoms with Crippen LogP contribution in [0, 0.1) is 5.82 Å². The number of hydrogen-bond acceptors (Lipinski definition) is 4. The molecule has 0 spiro atoms. The summed E-state index contributed by atoms with van der Waals surface area (Å²) < 4.78 is 20.1. The predicted octanol–water partition coefficient (Wildman–Crippen LogP) is 2.20. The van der Waals surface area contributed by atoms with Gasteiger partial charge in [0.05, 0.1) is 24.3 Å². The monoisotopic (exact) mass is 355 g/mol. The molecule has 3 aromatic rings. The summed E-state index contributed by atoms with van der Waals surface area (Å²) in [5, 5.41) is 0. The molecule has 1 aromatic heterocycles. The second-order valence-corrected chi connectivity index (χ2v) is 5.89. The molecule has 0 N–H and O–H groups in total. The number of aromatic nitrogens is 2. The maximum absolute atomic E-state index is 13.8. The third-order valence-electron chi connectivity index (χ3n) is 4.11. The van der Waals surface area contributed by atoms with Crippen LogP contribution in [-0.2, 0) is 17.9 Å². The van der Waals surface area contributed by atoms with Crippen LogP contribution in [0.4, 0.5) is 4.39 Å². The highest BCUT2D eigenvalue weighted by molar-refractivity contribution is 5.79. The lowest BCUT2D eigenvalue weighted by Gasteiger charge is -2.19. The number of carbonyl (C=O) groups excluding carboxylic acids is 1. The van der Waals surface area contributed by atoms with Crippen molar-refractivity contribution in [2.24, 2.45) is 0 Å². The highest BCUT2D eigenvalue weighted by atomic mass is 19.1. The van der Waals surface area contributed by atoms with Crippen molar-refractivity contribution in [3.05, 3.63) is 70.4 Å². The molecule has 0 aliphatic heterocycles. The Bertz CT molecular complexity index is 1020. The van der Waals surface area contributed by atoms with Crippen molar-refractivity contribution in [2.45, 2.75) is 13.1 Å². The molecule has 1 amide bonds. The maximum Gasteiger partial charge on any atom is 0.269 e. The number of rotatable bonds is 5. The van der Waals surface area contributed by atoms with E-state index in [1.165, 1.54) is 34.9 Å². The molecule has 0 atom stereocenters. The molecule has 2 aromatic carbocycles. The Hall–Kier alpha value is -3.22. The molecule has 26 heavy (non-hydrogen) atoms. The van der Waals surface area contributed by atoms with Crippen molar-refractivity contribution >= 4 is 16.9 Å². The summed E-state index contributed by atoms with van der Waals surface area (Å²) in [6, 6.07) is 11.7. The predicted molar refractivity (Wildman–Crippen MR) is 95.4 cm³/mol. The molecule has 3 rings (SSSR count). The third-order valence-corrected chi connectivity index (χ3v) is 4.11. The van der Waals surface area contributed by atoms with Gasteiger partial charge in [0, 0.05) is 13.6 Å². The Morgan fingerprint density at radius 3 is 2.77 bits per heavy atom. The number of ether oxygens (including phenoxy) is 1. The van der Waals surface area contributed by atoms with E-state index in [0.717, 1.165) is 0 Å². The second kappa shape index (κ2) is 7.35. The quantitative estimate of drug-likeness (QED) is 0.704. The summed E-state index contributed by atoms with van der Waals surface area (Å²) in [5.41, 5.74) is 1.52. The first-order valence-electron chi connectivity index (χ1n) is 8.00. The van der Waals surface area contributed by atoms with Crippen LogP contribution < -0.4 is 10.3 Å². The topological polar surface area (TPSA) is 64.4 Å². The molecule has 134 valence electrons. The van der Waals surface area contributed by atoms with Crippen molar-refractivity contribution < 1.29 is 13.9 Å². The summed E-state index contributed by atoms with van der Waals surface area (Å²) in [4.78, 5) is 30.2. The van der Waals surface area contributed by atoms with Gasteiger partial charge in [-0.15, -0.1) is 0 Å². The lowest BCUT2D eigenvalue weighted by Crippen LogP contribution is -2.33. The number of halogens is 1. The van der Waals surface area contributed by atoms with Gasteiger partial charge in [0.15, 0.2) is 11.6 Å². The Labute approximate surface area is 149 Å². The number of fused-ring (bicyclic) bond motifs is 1. The molecule has 0 aliphatic rings. The lowest BCUT2D eigenvalue weighted by atomic mass is 10.2. The number of carbonyl (C=O) groups is 1. The first-order valence-corrected chi connectivity index (χ1v) is 8.00. The zero-order chi connectivity index (χ0) is 18.7. The molecular formula is C19H18FN3O3. The van der Waals surface area contributed by atoms with E-state index in [9.17, 15) is 14.0 Å². The summed E-state index contributed by atoms with van der Waals surface area (Å²) >= 11 is 0. The van der Waals surface area contributed by atoms with E-state index >= 15 is 0 Å². The number of amides is 1. The van der Waals surface area contributed by atoms with E-state index in [4.69, 9.17) is 4.74 Å². The number of nitrogens with zero attached hydrogens (tertiary/aromatic N) is 3. The minimum Gasteiger partial charge on any atom is -0.494 e. The van der Waals surface area contributed by atoms with Gasteiger partial charge in [0.25, 0.3) is 5.56 Å². The fourth-order valence-corrected chi connectivity index (χ4v) is 2.70. The third kappa shape index (κ3) is 3.56. The van der Waals surface area contributed by atoms with Crippen LogP contribution in [0.2, 0.25) is 0 Å². The van der Waals surface area contributed by atoms with Crippen molar-refractivity contribution in [3.63, 3.8) is 0 Å². The van der Waals surface area contributed by atoms with E-state index in [2.05, 4.69) is 4.98 Å². The first kappa shape index (κ1) is 17.6. The van der Waals surface area contributed by atoms with Gasteiger partial charge in [0.2, 0.25) is 5.91 Å². The van der Waals surface area contributed by atoms with Crippen LogP contribution in [0.1, 0.15) is 5.56 Å². The highest BCUT2D eigenvalue weighted by Crippen LogP contribution is 2.18. The van der Waals surface area contributed by atoms with Gasteiger partial charge in [-0.3, -0.25) is 14.2 Å². The minimum atomic E-state index is -0.484. The number of methoxy groups -OCH3 is 1. The Balaban J connectivity index is 1.79. The number of para-hydroxylation sites is 2. The van der Waals surface area contributed by atoms with Crippen molar-refractivity contribution in [3.8, 4) is 5.75 Å². The van der Waals surface area contributed by atoms with Gasteiger partial charge in [-0.2, -0.15) is 0 Å². The van der Waals surface area contributed by atoms with Crippen LogP contribution >= 0.6 is 0 Å². The maximum atomic E-state index is 13.8. The molecule has 0 bridgehead atoms. The van der Waals surface area contributed by atoms with E-state index in [0.29, 0.717) is 16.6 Å². The fourth-order valence-electron chi connectivity index (χ4n) is 2.70. The van der Waals surface area contributed by atoms with Crippen LogP contribution in [-0.4, -0.2) is 34.5 Å². The number of benzene rings is 2. The van der Waals surface area contributed by atoms with Crippen LogP contribution in [0.25, 0.3) is 11.0 Å². The molecule has 0 radical (unpaired) electrons. The molecule has 0 saturated heterocycles. The first-order chi connectivity index (χ1) is 12.5. The zero-order valence-electron chi connectivity index (χ0n) is 14.5.